The first-order chi connectivity index (χ1) is 13.7. The van der Waals surface area contributed by atoms with Crippen molar-refractivity contribution in [2.45, 2.75) is 18.4 Å². The molecule has 0 aliphatic carbocycles. The summed E-state index contributed by atoms with van der Waals surface area (Å²) in [5.41, 5.74) is 5.63. The summed E-state index contributed by atoms with van der Waals surface area (Å²) in [6.07, 6.45) is -0.372. The van der Waals surface area contributed by atoms with Crippen LogP contribution in [0.25, 0.3) is 0 Å². The zero-order valence-electron chi connectivity index (χ0n) is 15.1. The second-order valence-corrected chi connectivity index (χ2v) is 7.49. The highest BCUT2D eigenvalue weighted by Crippen LogP contribution is 2.49. The lowest BCUT2D eigenvalue weighted by Gasteiger charge is -2.22. The Morgan fingerprint density at radius 3 is 2.38 bits per heavy atom. The van der Waals surface area contributed by atoms with Gasteiger partial charge in [0.25, 0.3) is 0 Å². The van der Waals surface area contributed by atoms with Crippen LogP contribution in [0.4, 0.5) is 11.4 Å². The van der Waals surface area contributed by atoms with E-state index in [2.05, 4.69) is 0 Å². The van der Waals surface area contributed by atoms with Crippen molar-refractivity contribution in [1.29, 1.82) is 0 Å². The number of aliphatic carboxylic acids is 1. The molecule has 148 valence electrons. The van der Waals surface area contributed by atoms with E-state index >= 15 is 0 Å². The van der Waals surface area contributed by atoms with Crippen molar-refractivity contribution in [2.75, 3.05) is 17.2 Å². The Balaban J connectivity index is 1.77. The van der Waals surface area contributed by atoms with E-state index in [1.54, 1.807) is 24.3 Å². The Hall–Kier alpha value is -3.39. The molecule has 1 spiro atoms. The van der Waals surface area contributed by atoms with E-state index in [-0.39, 0.29) is 29.2 Å². The standard InChI is InChI=1S/C20H16ClN3O5/c21-12-3-6-15-14(7-12)20(18(28)23(15)10-17(26)27)8-16(25)24(19(20)29)9-11-1-4-13(22)5-2-11/h1-7H,8-10,22H2,(H,26,27). The third-order valence-corrected chi connectivity index (χ3v) is 5.50. The van der Waals surface area contributed by atoms with Crippen LogP contribution in [0.1, 0.15) is 17.5 Å². The van der Waals surface area contributed by atoms with Crippen LogP contribution < -0.4 is 10.6 Å². The van der Waals surface area contributed by atoms with Gasteiger partial charge in [-0.2, -0.15) is 0 Å². The molecule has 0 aromatic heterocycles. The number of nitrogens with zero attached hydrogens (tertiary/aromatic N) is 2. The van der Waals surface area contributed by atoms with E-state index in [4.69, 9.17) is 17.3 Å². The van der Waals surface area contributed by atoms with Crippen molar-refractivity contribution in [3.05, 3.63) is 58.6 Å². The molecule has 2 aromatic rings. The van der Waals surface area contributed by atoms with E-state index in [0.29, 0.717) is 11.3 Å². The molecule has 2 heterocycles. The molecule has 8 nitrogen and oxygen atoms in total. The van der Waals surface area contributed by atoms with Gasteiger partial charge in [0.2, 0.25) is 17.7 Å². The molecule has 0 radical (unpaired) electrons. The highest BCUT2D eigenvalue weighted by Gasteiger charge is 2.63. The van der Waals surface area contributed by atoms with Gasteiger partial charge in [-0.15, -0.1) is 0 Å². The van der Waals surface area contributed by atoms with Crippen LogP contribution in [-0.2, 0) is 31.1 Å². The number of carboxylic acids is 1. The molecule has 1 atom stereocenters. The summed E-state index contributed by atoms with van der Waals surface area (Å²) in [5, 5.41) is 9.48. The minimum absolute atomic E-state index is 0.0121. The van der Waals surface area contributed by atoms with Crippen molar-refractivity contribution in [1.82, 2.24) is 4.90 Å². The molecule has 1 unspecified atom stereocenters. The van der Waals surface area contributed by atoms with Gasteiger partial charge in [0.05, 0.1) is 13.0 Å². The maximum absolute atomic E-state index is 13.4. The number of hydrogen-bond acceptors (Lipinski definition) is 5. The van der Waals surface area contributed by atoms with Gasteiger partial charge in [0.1, 0.15) is 6.54 Å². The smallest absolute Gasteiger partial charge is 0.323 e. The summed E-state index contributed by atoms with van der Waals surface area (Å²) < 4.78 is 0. The minimum Gasteiger partial charge on any atom is -0.480 e. The molecule has 0 bridgehead atoms. The van der Waals surface area contributed by atoms with Crippen molar-refractivity contribution in [2.24, 2.45) is 0 Å². The van der Waals surface area contributed by atoms with E-state index in [1.807, 2.05) is 0 Å². The maximum Gasteiger partial charge on any atom is 0.323 e. The normalized spacial score (nSPS) is 20.7. The van der Waals surface area contributed by atoms with Gasteiger partial charge < -0.3 is 10.8 Å². The zero-order valence-corrected chi connectivity index (χ0v) is 15.8. The number of benzene rings is 2. The lowest BCUT2D eigenvalue weighted by atomic mass is 9.80. The van der Waals surface area contributed by atoms with E-state index in [0.717, 1.165) is 9.80 Å². The fourth-order valence-electron chi connectivity index (χ4n) is 3.92. The quantitative estimate of drug-likeness (QED) is 0.445. The number of imide groups is 1. The number of hydrogen-bond donors (Lipinski definition) is 2. The van der Waals surface area contributed by atoms with Gasteiger partial charge in [-0.25, -0.2) is 0 Å². The lowest BCUT2D eigenvalue weighted by molar-refractivity contribution is -0.143. The molecule has 4 rings (SSSR count). The first kappa shape index (κ1) is 18.9. The third-order valence-electron chi connectivity index (χ3n) is 5.26. The number of nitrogens with two attached hydrogens (primary N) is 1. The Bertz CT molecular complexity index is 1070. The fourth-order valence-corrected chi connectivity index (χ4v) is 4.09. The predicted octanol–water partition coefficient (Wildman–Crippen LogP) is 1.55. The largest absolute Gasteiger partial charge is 0.480 e. The molecule has 3 amide bonds. The summed E-state index contributed by atoms with van der Waals surface area (Å²) in [7, 11) is 0. The Kier molecular flexibility index (Phi) is 4.31. The van der Waals surface area contributed by atoms with E-state index in [1.165, 1.54) is 18.2 Å². The molecule has 29 heavy (non-hydrogen) atoms. The van der Waals surface area contributed by atoms with Crippen molar-refractivity contribution < 1.29 is 24.3 Å². The fraction of sp³-hybridized carbons (Fsp3) is 0.200. The number of likely N-dealkylation sites (tertiary alicyclic amines) is 1. The molecular formula is C20H16ClN3O5. The van der Waals surface area contributed by atoms with Crippen LogP contribution in [0.15, 0.2) is 42.5 Å². The van der Waals surface area contributed by atoms with Gasteiger partial charge in [0, 0.05) is 22.0 Å². The Labute approximate surface area is 170 Å². The molecule has 9 heteroatoms. The molecule has 2 aromatic carbocycles. The highest BCUT2D eigenvalue weighted by atomic mass is 35.5. The Morgan fingerprint density at radius 1 is 1.07 bits per heavy atom. The molecule has 1 saturated heterocycles. The van der Waals surface area contributed by atoms with Crippen molar-refractivity contribution in [3.8, 4) is 0 Å². The van der Waals surface area contributed by atoms with Gasteiger partial charge in [0.15, 0.2) is 5.41 Å². The van der Waals surface area contributed by atoms with Crippen LogP contribution in [0.2, 0.25) is 5.02 Å². The SMILES string of the molecule is Nc1ccc(CN2C(=O)CC3(C2=O)C(=O)N(CC(=O)O)c2ccc(Cl)cc23)cc1. The number of carbonyl (C=O) groups is 4. The summed E-state index contributed by atoms with van der Waals surface area (Å²) in [6.45, 7) is -0.629. The van der Waals surface area contributed by atoms with E-state index < -0.39 is 35.7 Å². The molecule has 1 fully saturated rings. The number of amides is 3. The topological polar surface area (TPSA) is 121 Å². The predicted molar refractivity (Wildman–Crippen MR) is 104 cm³/mol. The number of anilines is 2. The maximum atomic E-state index is 13.4. The average Bonchev–Trinajstić information content (AvgIpc) is 3.04. The zero-order chi connectivity index (χ0) is 20.9. The molecule has 3 N–H and O–H groups in total. The summed E-state index contributed by atoms with van der Waals surface area (Å²) >= 11 is 6.08. The number of fused-ring (bicyclic) bond motifs is 2. The second kappa shape index (κ2) is 6.59. The van der Waals surface area contributed by atoms with E-state index in [9.17, 15) is 24.3 Å². The van der Waals surface area contributed by atoms with Crippen molar-refractivity contribution >= 4 is 46.7 Å². The van der Waals surface area contributed by atoms with Crippen LogP contribution in [0, 0.1) is 0 Å². The number of halogens is 1. The third kappa shape index (κ3) is 2.84. The molecule has 2 aliphatic heterocycles. The summed E-state index contributed by atoms with van der Waals surface area (Å²) in [4.78, 5) is 52.7. The lowest BCUT2D eigenvalue weighted by Crippen LogP contribution is -2.47. The molecule has 2 aliphatic rings. The summed E-state index contributed by atoms with van der Waals surface area (Å²) in [6, 6.07) is 11.1. The monoisotopic (exact) mass is 413 g/mol. The number of nitrogen functional groups attached to an aromatic ring is 1. The number of carbonyl (C=O) groups excluding carboxylic acids is 3. The van der Waals surface area contributed by atoms with Crippen molar-refractivity contribution in [3.63, 3.8) is 0 Å². The van der Waals surface area contributed by atoms with Crippen LogP contribution in [0.3, 0.4) is 0 Å². The molecule has 0 saturated carbocycles. The van der Waals surface area contributed by atoms with Gasteiger partial charge in [-0.1, -0.05) is 23.7 Å². The summed E-state index contributed by atoms with van der Waals surface area (Å²) in [5.74, 6) is -3.15. The minimum atomic E-state index is -1.79. The van der Waals surface area contributed by atoms with Gasteiger partial charge in [-0.3, -0.25) is 29.0 Å². The first-order valence-electron chi connectivity index (χ1n) is 8.77. The van der Waals surface area contributed by atoms with Crippen LogP contribution >= 0.6 is 11.6 Å². The second-order valence-electron chi connectivity index (χ2n) is 7.06. The average molecular weight is 414 g/mol. The number of rotatable bonds is 4. The Morgan fingerprint density at radius 2 is 1.72 bits per heavy atom. The van der Waals surface area contributed by atoms with Crippen LogP contribution in [0.5, 0.6) is 0 Å². The van der Waals surface area contributed by atoms with Gasteiger partial charge in [-0.05, 0) is 35.9 Å². The number of carboxylic acid groups (broad SMARTS) is 1. The molecular weight excluding hydrogens is 398 g/mol. The van der Waals surface area contributed by atoms with Gasteiger partial charge >= 0.3 is 5.97 Å². The highest BCUT2D eigenvalue weighted by molar-refractivity contribution is 6.32. The first-order valence-corrected chi connectivity index (χ1v) is 9.15. The van der Waals surface area contributed by atoms with Crippen LogP contribution in [-0.4, -0.2) is 40.2 Å².